The quantitative estimate of drug-likeness (QED) is 0.486. The zero-order valence-corrected chi connectivity index (χ0v) is 10.4. The molecule has 1 nitrogen and oxygen atoms in total. The Balaban J connectivity index is 2.81. The average molecular weight is 217 g/mol. The van der Waals surface area contributed by atoms with E-state index in [-0.39, 0.29) is 6.67 Å². The molecule has 0 atom stereocenters. The van der Waals surface area contributed by atoms with Crippen molar-refractivity contribution in [2.24, 2.45) is 0 Å². The second kappa shape index (κ2) is 13.9. The topological polar surface area (TPSA) is 12.0 Å². The first-order valence-corrected chi connectivity index (χ1v) is 6.68. The molecule has 0 aromatic carbocycles. The highest BCUT2D eigenvalue weighted by atomic mass is 19.1. The number of hydrogen-bond acceptors (Lipinski definition) is 1. The van der Waals surface area contributed by atoms with E-state index in [2.05, 4.69) is 12.2 Å². The van der Waals surface area contributed by atoms with E-state index in [1.165, 1.54) is 51.4 Å². The van der Waals surface area contributed by atoms with Gasteiger partial charge in [0, 0.05) is 0 Å². The molecule has 0 bridgehead atoms. The van der Waals surface area contributed by atoms with E-state index >= 15 is 0 Å². The van der Waals surface area contributed by atoms with E-state index in [1.54, 1.807) is 0 Å². The molecule has 0 rings (SSSR count). The van der Waals surface area contributed by atoms with Gasteiger partial charge in [-0.05, 0) is 25.9 Å². The summed E-state index contributed by atoms with van der Waals surface area (Å²) in [6.07, 6.45) is 11.5. The maximum absolute atomic E-state index is 11.7. The van der Waals surface area contributed by atoms with E-state index < -0.39 is 0 Å². The molecule has 1 N–H and O–H groups in total. The molecule has 0 aromatic heterocycles. The van der Waals surface area contributed by atoms with E-state index in [1.807, 2.05) is 0 Å². The molecule has 2 heteroatoms. The van der Waals surface area contributed by atoms with E-state index in [9.17, 15) is 4.39 Å². The number of rotatable bonds is 12. The number of halogens is 1. The Labute approximate surface area is 94.8 Å². The van der Waals surface area contributed by atoms with Gasteiger partial charge in [-0.25, -0.2) is 0 Å². The highest BCUT2D eigenvalue weighted by Crippen LogP contribution is 2.07. The molecule has 0 radical (unpaired) electrons. The predicted molar refractivity (Wildman–Crippen MR) is 66.1 cm³/mol. The lowest BCUT2D eigenvalue weighted by Gasteiger charge is -2.03. The molecule has 92 valence electrons. The molecule has 0 amide bonds. The first-order valence-electron chi connectivity index (χ1n) is 6.68. The minimum Gasteiger partial charge on any atom is -0.317 e. The molecule has 0 aliphatic carbocycles. The minimum absolute atomic E-state index is 0.190. The summed E-state index contributed by atoms with van der Waals surface area (Å²) in [4.78, 5) is 0. The third-order valence-electron chi connectivity index (χ3n) is 2.69. The van der Waals surface area contributed by atoms with Gasteiger partial charge in [-0.15, -0.1) is 0 Å². The maximum Gasteiger partial charge on any atom is 0.0906 e. The van der Waals surface area contributed by atoms with Crippen LogP contribution < -0.4 is 5.32 Å². The normalized spacial score (nSPS) is 10.8. The first-order chi connectivity index (χ1) is 7.41. The van der Waals surface area contributed by atoms with Crippen molar-refractivity contribution in [3.63, 3.8) is 0 Å². The second-order valence-corrected chi connectivity index (χ2v) is 4.27. The zero-order chi connectivity index (χ0) is 11.2. The first kappa shape index (κ1) is 14.9. The molecule has 0 heterocycles. The molecular formula is C13H28FN. The fourth-order valence-corrected chi connectivity index (χ4v) is 1.70. The SMILES string of the molecule is CCCCCCCCCCNCCCF. The largest absolute Gasteiger partial charge is 0.317 e. The van der Waals surface area contributed by atoms with Gasteiger partial charge in [0.2, 0.25) is 0 Å². The van der Waals surface area contributed by atoms with Crippen molar-refractivity contribution < 1.29 is 4.39 Å². The van der Waals surface area contributed by atoms with Crippen LogP contribution in [0.3, 0.4) is 0 Å². The van der Waals surface area contributed by atoms with Crippen LogP contribution in [0.15, 0.2) is 0 Å². The van der Waals surface area contributed by atoms with Crippen LogP contribution >= 0.6 is 0 Å². The highest BCUT2D eigenvalue weighted by molar-refractivity contribution is 4.50. The molecule has 15 heavy (non-hydrogen) atoms. The Hall–Kier alpha value is -0.110. The Morgan fingerprint density at radius 1 is 0.733 bits per heavy atom. The molecule has 0 aliphatic heterocycles. The molecule has 0 spiro atoms. The van der Waals surface area contributed by atoms with Gasteiger partial charge >= 0.3 is 0 Å². The third-order valence-corrected chi connectivity index (χ3v) is 2.69. The standard InChI is InChI=1S/C13H28FN/c1-2-3-4-5-6-7-8-9-12-15-13-10-11-14/h15H,2-13H2,1H3. The van der Waals surface area contributed by atoms with Gasteiger partial charge in [0.15, 0.2) is 0 Å². The van der Waals surface area contributed by atoms with Crippen molar-refractivity contribution in [1.29, 1.82) is 0 Å². The van der Waals surface area contributed by atoms with Gasteiger partial charge in [0.05, 0.1) is 6.67 Å². The van der Waals surface area contributed by atoms with Crippen LogP contribution in [-0.2, 0) is 0 Å². The lowest BCUT2D eigenvalue weighted by molar-refractivity contribution is 0.456. The summed E-state index contributed by atoms with van der Waals surface area (Å²) < 4.78 is 11.7. The lowest BCUT2D eigenvalue weighted by Crippen LogP contribution is -2.16. The second-order valence-electron chi connectivity index (χ2n) is 4.27. The number of nitrogens with one attached hydrogen (secondary N) is 1. The summed E-state index contributed by atoms with van der Waals surface area (Å²) >= 11 is 0. The molecule has 0 aromatic rings. The van der Waals surface area contributed by atoms with Crippen molar-refractivity contribution in [2.45, 2.75) is 64.7 Å². The molecule has 0 saturated heterocycles. The zero-order valence-electron chi connectivity index (χ0n) is 10.4. The van der Waals surface area contributed by atoms with E-state index in [0.29, 0.717) is 6.42 Å². The summed E-state index contributed by atoms with van der Waals surface area (Å²) in [6, 6.07) is 0. The van der Waals surface area contributed by atoms with Crippen LogP contribution in [0.2, 0.25) is 0 Å². The Morgan fingerprint density at radius 2 is 1.27 bits per heavy atom. The van der Waals surface area contributed by atoms with Crippen LogP contribution in [0.4, 0.5) is 4.39 Å². The molecule has 0 saturated carbocycles. The van der Waals surface area contributed by atoms with E-state index in [4.69, 9.17) is 0 Å². The minimum atomic E-state index is -0.190. The van der Waals surface area contributed by atoms with Crippen molar-refractivity contribution in [3.05, 3.63) is 0 Å². The van der Waals surface area contributed by atoms with Gasteiger partial charge in [-0.2, -0.15) is 0 Å². The van der Waals surface area contributed by atoms with E-state index in [0.717, 1.165) is 13.1 Å². The summed E-state index contributed by atoms with van der Waals surface area (Å²) in [7, 11) is 0. The Bertz CT molecular complexity index is 94.7. The molecule has 0 unspecified atom stereocenters. The highest BCUT2D eigenvalue weighted by Gasteiger charge is 1.91. The third kappa shape index (κ3) is 13.9. The number of hydrogen-bond donors (Lipinski definition) is 1. The molecule has 0 aliphatic rings. The van der Waals surface area contributed by atoms with Gasteiger partial charge in [0.1, 0.15) is 0 Å². The maximum atomic E-state index is 11.7. The fourth-order valence-electron chi connectivity index (χ4n) is 1.70. The van der Waals surface area contributed by atoms with Gasteiger partial charge in [-0.3, -0.25) is 4.39 Å². The average Bonchev–Trinajstić information content (AvgIpc) is 2.26. The van der Waals surface area contributed by atoms with Crippen LogP contribution in [0.25, 0.3) is 0 Å². The van der Waals surface area contributed by atoms with Crippen molar-refractivity contribution in [2.75, 3.05) is 19.8 Å². The van der Waals surface area contributed by atoms with Gasteiger partial charge in [0.25, 0.3) is 0 Å². The molecule has 0 fully saturated rings. The van der Waals surface area contributed by atoms with Gasteiger partial charge < -0.3 is 5.32 Å². The van der Waals surface area contributed by atoms with Gasteiger partial charge in [-0.1, -0.05) is 51.9 Å². The monoisotopic (exact) mass is 217 g/mol. The van der Waals surface area contributed by atoms with Crippen molar-refractivity contribution >= 4 is 0 Å². The number of alkyl halides is 1. The van der Waals surface area contributed by atoms with Crippen molar-refractivity contribution in [3.8, 4) is 0 Å². The summed E-state index contributed by atoms with van der Waals surface area (Å²) in [5, 5.41) is 3.26. The van der Waals surface area contributed by atoms with Crippen LogP contribution in [0, 0.1) is 0 Å². The Kier molecular flexibility index (Phi) is 13.8. The summed E-state index contributed by atoms with van der Waals surface area (Å²) in [5.74, 6) is 0. The van der Waals surface area contributed by atoms with Crippen LogP contribution in [0.1, 0.15) is 64.7 Å². The smallest absolute Gasteiger partial charge is 0.0906 e. The summed E-state index contributed by atoms with van der Waals surface area (Å²) in [6.45, 7) is 3.97. The Morgan fingerprint density at radius 3 is 1.87 bits per heavy atom. The predicted octanol–water partition coefficient (Wildman–Crippen LogP) is 4.08. The number of unbranched alkanes of at least 4 members (excludes halogenated alkanes) is 7. The van der Waals surface area contributed by atoms with Crippen LogP contribution in [-0.4, -0.2) is 19.8 Å². The fraction of sp³-hybridized carbons (Fsp3) is 1.00. The molecular weight excluding hydrogens is 189 g/mol. The van der Waals surface area contributed by atoms with Crippen molar-refractivity contribution in [1.82, 2.24) is 5.32 Å². The lowest BCUT2D eigenvalue weighted by atomic mass is 10.1. The summed E-state index contributed by atoms with van der Waals surface area (Å²) in [5.41, 5.74) is 0. The van der Waals surface area contributed by atoms with Crippen LogP contribution in [0.5, 0.6) is 0 Å².